The summed E-state index contributed by atoms with van der Waals surface area (Å²) in [5, 5.41) is 0.501. The normalized spacial score (nSPS) is 11.6. The third-order valence-electron chi connectivity index (χ3n) is 5.74. The predicted molar refractivity (Wildman–Crippen MR) is 133 cm³/mol. The summed E-state index contributed by atoms with van der Waals surface area (Å²) >= 11 is 1.13. The lowest BCUT2D eigenvalue weighted by atomic mass is 10.1. The molecule has 0 spiro atoms. The Kier molecular flexibility index (Phi) is 8.06. The van der Waals surface area contributed by atoms with E-state index in [9.17, 15) is 22.4 Å². The van der Waals surface area contributed by atoms with Crippen LogP contribution in [0, 0.1) is 5.82 Å². The number of aromatic nitrogens is 2. The zero-order valence-corrected chi connectivity index (χ0v) is 21.0. The molecule has 3 aromatic carbocycles. The number of nitrogens with zero attached hydrogens (tertiary/aromatic N) is 2. The van der Waals surface area contributed by atoms with E-state index in [2.05, 4.69) is 4.98 Å². The van der Waals surface area contributed by atoms with Gasteiger partial charge in [-0.05, 0) is 73.0 Å². The van der Waals surface area contributed by atoms with Crippen molar-refractivity contribution >= 4 is 28.8 Å². The zero-order chi connectivity index (χ0) is 26.6. The van der Waals surface area contributed by atoms with Gasteiger partial charge in [0.15, 0.2) is 5.16 Å². The fourth-order valence-electron chi connectivity index (χ4n) is 3.81. The van der Waals surface area contributed by atoms with Crippen molar-refractivity contribution in [3.63, 3.8) is 0 Å². The quantitative estimate of drug-likeness (QED) is 0.133. The average molecular weight is 533 g/mol. The van der Waals surface area contributed by atoms with Crippen LogP contribution in [-0.2, 0) is 29.6 Å². The predicted octanol–water partition coefficient (Wildman–Crippen LogP) is 6.91. The number of rotatable bonds is 9. The van der Waals surface area contributed by atoms with E-state index in [0.29, 0.717) is 29.2 Å². The lowest BCUT2D eigenvalue weighted by Gasteiger charge is -2.11. The SMILES string of the molecule is CCOC(=O)c1ccc2c(c1)nc(SCc1cc(C(F)(F)F)ccc1F)n2CCc1ccc(OC)cc1. The van der Waals surface area contributed by atoms with Crippen molar-refractivity contribution in [3.05, 3.63) is 88.7 Å². The van der Waals surface area contributed by atoms with E-state index in [1.165, 1.54) is 0 Å². The molecule has 0 saturated heterocycles. The molecular formula is C27H24F4N2O3S. The number of fused-ring (bicyclic) bond motifs is 1. The van der Waals surface area contributed by atoms with Gasteiger partial charge in [-0.3, -0.25) is 0 Å². The highest BCUT2D eigenvalue weighted by Gasteiger charge is 2.31. The van der Waals surface area contributed by atoms with Gasteiger partial charge in [-0.1, -0.05) is 23.9 Å². The molecule has 0 bridgehead atoms. The third-order valence-corrected chi connectivity index (χ3v) is 6.76. The molecule has 5 nitrogen and oxygen atoms in total. The first kappa shape index (κ1) is 26.5. The topological polar surface area (TPSA) is 53.3 Å². The van der Waals surface area contributed by atoms with Gasteiger partial charge in [-0.25, -0.2) is 14.2 Å². The maximum atomic E-state index is 14.3. The minimum absolute atomic E-state index is 0.0493. The van der Waals surface area contributed by atoms with Crippen LogP contribution in [0.15, 0.2) is 65.8 Å². The van der Waals surface area contributed by atoms with E-state index >= 15 is 0 Å². The Hall–Kier alpha value is -3.53. The molecule has 0 atom stereocenters. The number of carbonyl (C=O) groups excluding carboxylic acids is 1. The number of esters is 1. The van der Waals surface area contributed by atoms with E-state index < -0.39 is 23.5 Å². The average Bonchev–Trinajstić information content (AvgIpc) is 3.23. The largest absolute Gasteiger partial charge is 0.497 e. The highest BCUT2D eigenvalue weighted by molar-refractivity contribution is 7.98. The third kappa shape index (κ3) is 6.25. The second-order valence-corrected chi connectivity index (χ2v) is 9.10. The zero-order valence-electron chi connectivity index (χ0n) is 20.1. The van der Waals surface area contributed by atoms with E-state index in [1.807, 2.05) is 28.8 Å². The summed E-state index contributed by atoms with van der Waals surface area (Å²) in [5.41, 5.74) is 1.69. The Bertz CT molecular complexity index is 1400. The molecule has 10 heteroatoms. The van der Waals surface area contributed by atoms with E-state index in [4.69, 9.17) is 9.47 Å². The molecule has 0 amide bonds. The van der Waals surface area contributed by atoms with E-state index in [-0.39, 0.29) is 17.9 Å². The summed E-state index contributed by atoms with van der Waals surface area (Å²) in [6.07, 6.45) is -3.93. The molecule has 4 rings (SSSR count). The number of halogens is 4. The maximum absolute atomic E-state index is 14.3. The van der Waals surface area contributed by atoms with Gasteiger partial charge in [0.05, 0.1) is 35.9 Å². The molecule has 1 aromatic heterocycles. The number of thioether (sulfide) groups is 1. The van der Waals surface area contributed by atoms with Crippen LogP contribution < -0.4 is 4.74 Å². The van der Waals surface area contributed by atoms with Gasteiger partial charge in [-0.15, -0.1) is 0 Å². The number of aryl methyl sites for hydroxylation is 2. The molecule has 0 aliphatic rings. The van der Waals surface area contributed by atoms with Crippen molar-refractivity contribution in [1.29, 1.82) is 0 Å². The van der Waals surface area contributed by atoms with E-state index in [1.54, 1.807) is 32.2 Å². The summed E-state index contributed by atoms with van der Waals surface area (Å²) in [7, 11) is 1.59. The van der Waals surface area contributed by atoms with Crippen LogP contribution in [0.2, 0.25) is 0 Å². The van der Waals surface area contributed by atoms with Crippen LogP contribution >= 0.6 is 11.8 Å². The second-order valence-electron chi connectivity index (χ2n) is 8.16. The van der Waals surface area contributed by atoms with Gasteiger partial charge in [0.25, 0.3) is 0 Å². The standard InChI is InChI=1S/C27H24F4N2O3S/c1-3-36-25(34)18-6-11-24-23(15-18)32-26(33(24)13-12-17-4-8-21(35-2)9-5-17)37-16-19-14-20(27(29,30)31)7-10-22(19)28/h4-11,14-15H,3,12-13,16H2,1-2H3. The molecule has 37 heavy (non-hydrogen) atoms. The molecule has 0 fully saturated rings. The van der Waals surface area contributed by atoms with Crippen molar-refractivity contribution in [2.45, 2.75) is 37.0 Å². The highest BCUT2D eigenvalue weighted by atomic mass is 32.2. The summed E-state index contributed by atoms with van der Waals surface area (Å²) in [4.78, 5) is 16.8. The van der Waals surface area contributed by atoms with Crippen LogP contribution in [0.25, 0.3) is 11.0 Å². The first-order valence-electron chi connectivity index (χ1n) is 11.5. The second kappa shape index (κ2) is 11.2. The number of ether oxygens (including phenoxy) is 2. The highest BCUT2D eigenvalue weighted by Crippen LogP contribution is 2.33. The Labute approximate surface area is 215 Å². The van der Waals surface area contributed by atoms with Gasteiger partial charge in [0.1, 0.15) is 11.6 Å². The van der Waals surface area contributed by atoms with Gasteiger partial charge < -0.3 is 14.0 Å². The van der Waals surface area contributed by atoms with Crippen LogP contribution in [0.4, 0.5) is 17.6 Å². The fourth-order valence-corrected chi connectivity index (χ4v) is 4.83. The summed E-state index contributed by atoms with van der Waals surface area (Å²) < 4.78 is 66.0. The lowest BCUT2D eigenvalue weighted by Crippen LogP contribution is -2.06. The molecule has 0 unspecified atom stereocenters. The van der Waals surface area contributed by atoms with Crippen molar-refractivity contribution in [2.75, 3.05) is 13.7 Å². The Morgan fingerprint density at radius 3 is 2.49 bits per heavy atom. The number of methoxy groups -OCH3 is 1. The summed E-state index contributed by atoms with van der Waals surface area (Å²) in [5.74, 6) is -0.502. The number of alkyl halides is 3. The molecule has 194 valence electrons. The minimum atomic E-state index is -4.57. The van der Waals surface area contributed by atoms with Crippen LogP contribution in [0.1, 0.15) is 34.0 Å². The molecule has 0 saturated carbocycles. The summed E-state index contributed by atoms with van der Waals surface area (Å²) in [6.45, 7) is 2.46. The molecule has 1 heterocycles. The monoisotopic (exact) mass is 532 g/mol. The molecule has 0 aliphatic heterocycles. The van der Waals surface area contributed by atoms with Crippen LogP contribution in [0.3, 0.4) is 0 Å². The molecule has 4 aromatic rings. The number of carbonyl (C=O) groups is 1. The van der Waals surface area contributed by atoms with Crippen LogP contribution in [-0.4, -0.2) is 29.2 Å². The van der Waals surface area contributed by atoms with Gasteiger partial charge in [-0.2, -0.15) is 13.2 Å². The first-order valence-corrected chi connectivity index (χ1v) is 12.5. The number of hydrogen-bond donors (Lipinski definition) is 0. The van der Waals surface area contributed by atoms with Crippen molar-refractivity contribution in [2.24, 2.45) is 0 Å². The van der Waals surface area contributed by atoms with Gasteiger partial charge in [0.2, 0.25) is 0 Å². The lowest BCUT2D eigenvalue weighted by molar-refractivity contribution is -0.137. The first-order chi connectivity index (χ1) is 17.7. The number of hydrogen-bond acceptors (Lipinski definition) is 5. The summed E-state index contributed by atoms with van der Waals surface area (Å²) in [6, 6.07) is 15.0. The Morgan fingerprint density at radius 2 is 1.81 bits per heavy atom. The Morgan fingerprint density at radius 1 is 1.05 bits per heavy atom. The fraction of sp³-hybridized carbons (Fsp3) is 0.259. The van der Waals surface area contributed by atoms with Gasteiger partial charge in [0, 0.05) is 12.3 Å². The number of benzene rings is 3. The number of imidazole rings is 1. The minimum Gasteiger partial charge on any atom is -0.497 e. The van der Waals surface area contributed by atoms with Crippen molar-refractivity contribution in [3.8, 4) is 5.75 Å². The smallest absolute Gasteiger partial charge is 0.416 e. The molecule has 0 aliphatic carbocycles. The molecule has 0 radical (unpaired) electrons. The molecular weight excluding hydrogens is 508 g/mol. The maximum Gasteiger partial charge on any atom is 0.416 e. The van der Waals surface area contributed by atoms with E-state index in [0.717, 1.165) is 46.8 Å². The molecule has 0 N–H and O–H groups in total. The van der Waals surface area contributed by atoms with Crippen molar-refractivity contribution in [1.82, 2.24) is 9.55 Å². The van der Waals surface area contributed by atoms with Crippen molar-refractivity contribution < 1.29 is 31.8 Å². The van der Waals surface area contributed by atoms with Gasteiger partial charge >= 0.3 is 12.1 Å². The Balaban J connectivity index is 1.65. The van der Waals surface area contributed by atoms with Crippen LogP contribution in [0.5, 0.6) is 5.75 Å².